The van der Waals surface area contributed by atoms with Gasteiger partial charge in [0.15, 0.2) is 0 Å². The van der Waals surface area contributed by atoms with Crippen molar-refractivity contribution in [3.05, 3.63) is 106 Å². The van der Waals surface area contributed by atoms with Crippen molar-refractivity contribution >= 4 is 52.1 Å². The number of para-hydroxylation sites is 2. The summed E-state index contributed by atoms with van der Waals surface area (Å²) in [7, 11) is 0. The van der Waals surface area contributed by atoms with Gasteiger partial charge in [-0.2, -0.15) is 0 Å². The van der Waals surface area contributed by atoms with Gasteiger partial charge in [0.25, 0.3) is 11.8 Å². The molecule has 5 rings (SSSR count). The van der Waals surface area contributed by atoms with E-state index in [4.69, 9.17) is 11.6 Å². The van der Waals surface area contributed by atoms with Crippen LogP contribution in [0.2, 0.25) is 5.02 Å². The number of hydrogen-bond donors (Lipinski definition) is 1. The first-order valence-electron chi connectivity index (χ1n) is 10.7. The first-order valence-corrected chi connectivity index (χ1v) is 11.1. The van der Waals surface area contributed by atoms with Crippen LogP contribution in [0, 0.1) is 6.92 Å². The fourth-order valence-corrected chi connectivity index (χ4v) is 4.37. The zero-order chi connectivity index (χ0) is 23.8. The highest BCUT2D eigenvalue weighted by atomic mass is 35.5. The van der Waals surface area contributed by atoms with Crippen LogP contribution in [0.3, 0.4) is 0 Å². The Morgan fingerprint density at radius 1 is 0.912 bits per heavy atom. The molecule has 7 heteroatoms. The minimum absolute atomic E-state index is 0.108. The average Bonchev–Trinajstić information content (AvgIpc) is 3.16. The molecule has 1 N–H and O–H groups in total. The summed E-state index contributed by atoms with van der Waals surface area (Å²) < 4.78 is 2.03. The lowest BCUT2D eigenvalue weighted by Crippen LogP contribution is -2.54. The van der Waals surface area contributed by atoms with Gasteiger partial charge in [-0.1, -0.05) is 66.2 Å². The fourth-order valence-electron chi connectivity index (χ4n) is 4.18. The number of barbiturate groups is 1. The van der Waals surface area contributed by atoms with Gasteiger partial charge < -0.3 is 4.57 Å². The van der Waals surface area contributed by atoms with E-state index in [1.165, 1.54) is 0 Å². The molecule has 1 aliphatic heterocycles. The van der Waals surface area contributed by atoms with Gasteiger partial charge in [-0.25, -0.2) is 9.69 Å². The summed E-state index contributed by atoms with van der Waals surface area (Å²) in [5.74, 6) is -1.38. The number of anilines is 1. The number of fused-ring (bicyclic) bond motifs is 1. The Morgan fingerprint density at radius 3 is 2.41 bits per heavy atom. The summed E-state index contributed by atoms with van der Waals surface area (Å²) >= 11 is 6.37. The molecule has 0 unspecified atom stereocenters. The van der Waals surface area contributed by atoms with Crippen LogP contribution < -0.4 is 10.2 Å². The molecule has 6 nitrogen and oxygen atoms in total. The average molecular weight is 470 g/mol. The smallest absolute Gasteiger partial charge is 0.335 e. The lowest BCUT2D eigenvalue weighted by atomic mass is 10.1. The van der Waals surface area contributed by atoms with E-state index in [-0.39, 0.29) is 5.57 Å². The van der Waals surface area contributed by atoms with Crippen molar-refractivity contribution in [3.63, 3.8) is 0 Å². The van der Waals surface area contributed by atoms with Crippen molar-refractivity contribution < 1.29 is 14.4 Å². The number of benzene rings is 3. The molecule has 0 aliphatic carbocycles. The lowest BCUT2D eigenvalue weighted by Gasteiger charge is -2.27. The summed E-state index contributed by atoms with van der Waals surface area (Å²) in [6.07, 6.45) is 3.43. The zero-order valence-electron chi connectivity index (χ0n) is 18.3. The summed E-state index contributed by atoms with van der Waals surface area (Å²) in [5.41, 5.74) is 3.65. The second-order valence-corrected chi connectivity index (χ2v) is 8.47. The number of amides is 4. The van der Waals surface area contributed by atoms with Gasteiger partial charge in [-0.05, 0) is 42.3 Å². The fraction of sp³-hybridized carbons (Fsp3) is 0.0741. The Morgan fingerprint density at radius 2 is 1.62 bits per heavy atom. The predicted octanol–water partition coefficient (Wildman–Crippen LogP) is 5.32. The highest BCUT2D eigenvalue weighted by Crippen LogP contribution is 2.29. The molecule has 1 fully saturated rings. The third-order valence-electron chi connectivity index (χ3n) is 5.88. The number of aromatic nitrogens is 1. The van der Waals surface area contributed by atoms with Crippen molar-refractivity contribution in [3.8, 4) is 0 Å². The molecular weight excluding hydrogens is 450 g/mol. The van der Waals surface area contributed by atoms with Gasteiger partial charge in [0.1, 0.15) is 5.57 Å². The molecule has 1 saturated heterocycles. The van der Waals surface area contributed by atoms with Crippen LogP contribution in [0.5, 0.6) is 0 Å². The van der Waals surface area contributed by atoms with Crippen LogP contribution in [0.1, 0.15) is 16.7 Å². The summed E-state index contributed by atoms with van der Waals surface area (Å²) in [4.78, 5) is 39.6. The Bertz CT molecular complexity index is 1500. The number of urea groups is 1. The minimum Gasteiger partial charge on any atom is -0.342 e. The van der Waals surface area contributed by atoms with Crippen LogP contribution >= 0.6 is 11.6 Å². The van der Waals surface area contributed by atoms with Gasteiger partial charge in [0, 0.05) is 34.2 Å². The lowest BCUT2D eigenvalue weighted by molar-refractivity contribution is -0.122. The van der Waals surface area contributed by atoms with E-state index < -0.39 is 17.8 Å². The highest BCUT2D eigenvalue weighted by Gasteiger charge is 2.37. The van der Waals surface area contributed by atoms with E-state index in [2.05, 4.69) is 5.32 Å². The summed E-state index contributed by atoms with van der Waals surface area (Å²) in [5, 5.41) is 3.83. The third-order valence-corrected chi connectivity index (χ3v) is 6.24. The van der Waals surface area contributed by atoms with Crippen LogP contribution in [0.4, 0.5) is 10.5 Å². The highest BCUT2D eigenvalue weighted by molar-refractivity contribution is 6.39. The van der Waals surface area contributed by atoms with E-state index >= 15 is 0 Å². The number of rotatable bonds is 4. The van der Waals surface area contributed by atoms with E-state index in [1.54, 1.807) is 31.2 Å². The summed E-state index contributed by atoms with van der Waals surface area (Å²) in [6.45, 7) is 2.33. The van der Waals surface area contributed by atoms with E-state index in [9.17, 15) is 14.4 Å². The SMILES string of the molecule is Cc1ccccc1N1C(=O)NC(=O)/C(=C\c2cn(Cc3ccccc3Cl)c3ccccc23)C1=O. The van der Waals surface area contributed by atoms with Crippen LogP contribution in [0.15, 0.2) is 84.6 Å². The van der Waals surface area contributed by atoms with Crippen molar-refractivity contribution in [2.45, 2.75) is 13.5 Å². The molecule has 4 aromatic rings. The largest absolute Gasteiger partial charge is 0.342 e. The monoisotopic (exact) mass is 469 g/mol. The van der Waals surface area contributed by atoms with Crippen LogP contribution in [-0.4, -0.2) is 22.4 Å². The quantitative estimate of drug-likeness (QED) is 0.325. The normalized spacial score (nSPS) is 15.3. The molecule has 4 amide bonds. The molecule has 2 heterocycles. The second kappa shape index (κ2) is 8.65. The van der Waals surface area contributed by atoms with Gasteiger partial charge >= 0.3 is 6.03 Å². The Balaban J connectivity index is 1.59. The van der Waals surface area contributed by atoms with Gasteiger partial charge in [-0.3, -0.25) is 14.9 Å². The van der Waals surface area contributed by atoms with Gasteiger partial charge in [-0.15, -0.1) is 0 Å². The van der Waals surface area contributed by atoms with Crippen LogP contribution in [0.25, 0.3) is 17.0 Å². The van der Waals surface area contributed by atoms with Crippen molar-refractivity contribution in [1.82, 2.24) is 9.88 Å². The molecule has 1 aliphatic rings. The van der Waals surface area contributed by atoms with E-state index in [0.717, 1.165) is 26.9 Å². The van der Waals surface area contributed by atoms with Gasteiger partial charge in [0.2, 0.25) is 0 Å². The summed E-state index contributed by atoms with van der Waals surface area (Å²) in [6, 6.07) is 21.6. The maximum Gasteiger partial charge on any atom is 0.335 e. The Labute approximate surface area is 201 Å². The third kappa shape index (κ3) is 3.78. The maximum absolute atomic E-state index is 13.3. The second-order valence-electron chi connectivity index (χ2n) is 8.07. The standard InChI is InChI=1S/C27H20ClN3O3/c1-17-8-2-6-12-23(17)31-26(33)21(25(32)29-27(31)34)14-19-16-30(24-13-7-4-10-20(19)24)15-18-9-3-5-11-22(18)28/h2-14,16H,15H2,1H3,(H,29,32,34)/b21-14+. The number of nitrogens with one attached hydrogen (secondary N) is 1. The number of aryl methyl sites for hydroxylation is 1. The molecule has 34 heavy (non-hydrogen) atoms. The molecule has 0 radical (unpaired) electrons. The first kappa shape index (κ1) is 21.7. The predicted molar refractivity (Wildman–Crippen MR) is 133 cm³/mol. The molecule has 168 valence electrons. The molecule has 0 spiro atoms. The molecule has 3 aromatic carbocycles. The maximum atomic E-state index is 13.3. The minimum atomic E-state index is -0.761. The topological polar surface area (TPSA) is 71.4 Å². The number of carbonyl (C=O) groups is 3. The molecule has 1 aromatic heterocycles. The van der Waals surface area contributed by atoms with Crippen molar-refractivity contribution in [1.29, 1.82) is 0 Å². The molecular formula is C27H20ClN3O3. The Hall–Kier alpha value is -4.16. The van der Waals surface area contributed by atoms with E-state index in [1.807, 2.05) is 65.4 Å². The Kier molecular flexibility index (Phi) is 5.51. The van der Waals surface area contributed by atoms with Crippen LogP contribution in [-0.2, 0) is 16.1 Å². The van der Waals surface area contributed by atoms with E-state index in [0.29, 0.717) is 22.8 Å². The van der Waals surface area contributed by atoms with Gasteiger partial charge in [0.05, 0.1) is 5.69 Å². The number of hydrogen-bond acceptors (Lipinski definition) is 3. The first-order chi connectivity index (χ1) is 16.4. The number of imide groups is 2. The number of halogens is 1. The number of carbonyl (C=O) groups excluding carboxylic acids is 3. The number of nitrogens with zero attached hydrogens (tertiary/aromatic N) is 2. The van der Waals surface area contributed by atoms with Crippen molar-refractivity contribution in [2.75, 3.05) is 4.90 Å². The molecule has 0 bridgehead atoms. The zero-order valence-corrected chi connectivity index (χ0v) is 19.0. The van der Waals surface area contributed by atoms with Crippen molar-refractivity contribution in [2.24, 2.45) is 0 Å². The molecule has 0 saturated carbocycles. The molecule has 0 atom stereocenters.